The molecule has 1 N–H and O–H groups in total. The van der Waals surface area contributed by atoms with E-state index in [1.807, 2.05) is 31.2 Å². The van der Waals surface area contributed by atoms with E-state index in [4.69, 9.17) is 0 Å². The van der Waals surface area contributed by atoms with Crippen LogP contribution >= 0.6 is 0 Å². The topological polar surface area (TPSA) is 40.5 Å². The third kappa shape index (κ3) is 2.72. The van der Waals surface area contributed by atoms with Crippen molar-refractivity contribution in [3.05, 3.63) is 29.8 Å². The zero-order chi connectivity index (χ0) is 13.1. The van der Waals surface area contributed by atoms with Crippen LogP contribution in [-0.2, 0) is 0 Å². The molecule has 0 aromatic heterocycles. The van der Waals surface area contributed by atoms with E-state index in [2.05, 4.69) is 4.90 Å². The number of nitrogens with zero attached hydrogens (tertiary/aromatic N) is 1. The zero-order valence-electron chi connectivity index (χ0n) is 11.1. The van der Waals surface area contributed by atoms with E-state index in [-0.39, 0.29) is 11.9 Å². The van der Waals surface area contributed by atoms with Gasteiger partial charge >= 0.3 is 0 Å². The first-order valence-electron chi connectivity index (χ1n) is 6.62. The van der Waals surface area contributed by atoms with Crippen LogP contribution in [0.5, 0.6) is 0 Å². The zero-order valence-corrected chi connectivity index (χ0v) is 11.1. The van der Waals surface area contributed by atoms with Gasteiger partial charge < -0.3 is 10.0 Å². The van der Waals surface area contributed by atoms with E-state index < -0.39 is 0 Å². The van der Waals surface area contributed by atoms with Crippen molar-refractivity contribution < 1.29 is 9.90 Å². The van der Waals surface area contributed by atoms with Crippen molar-refractivity contribution in [2.75, 3.05) is 18.0 Å². The van der Waals surface area contributed by atoms with E-state index >= 15 is 0 Å². The summed E-state index contributed by atoms with van der Waals surface area (Å²) >= 11 is 0. The molecule has 1 atom stereocenters. The predicted octanol–water partition coefficient (Wildman–Crippen LogP) is 2.49. The van der Waals surface area contributed by atoms with Crippen LogP contribution in [0.2, 0.25) is 0 Å². The van der Waals surface area contributed by atoms with Crippen molar-refractivity contribution in [1.82, 2.24) is 0 Å². The average Bonchev–Trinajstić information content (AvgIpc) is 2.39. The molecule has 1 unspecified atom stereocenters. The molecule has 1 heterocycles. The quantitative estimate of drug-likeness (QED) is 0.834. The number of aliphatic hydroxyl groups excluding tert-OH is 1. The second kappa shape index (κ2) is 5.53. The summed E-state index contributed by atoms with van der Waals surface area (Å²) in [6.45, 7) is 5.31. The Hall–Kier alpha value is -1.35. The van der Waals surface area contributed by atoms with Crippen molar-refractivity contribution in [2.24, 2.45) is 5.92 Å². The van der Waals surface area contributed by atoms with Gasteiger partial charge in [0.05, 0.1) is 6.10 Å². The monoisotopic (exact) mass is 247 g/mol. The Balaban J connectivity index is 2.12. The molecule has 98 valence electrons. The summed E-state index contributed by atoms with van der Waals surface area (Å²) in [5, 5.41) is 9.60. The maximum absolute atomic E-state index is 11.6. The fourth-order valence-electron chi connectivity index (χ4n) is 2.67. The van der Waals surface area contributed by atoms with Gasteiger partial charge in [0, 0.05) is 24.3 Å². The minimum Gasteiger partial charge on any atom is -0.393 e. The largest absolute Gasteiger partial charge is 0.393 e. The van der Waals surface area contributed by atoms with Crippen molar-refractivity contribution >= 4 is 11.5 Å². The summed E-state index contributed by atoms with van der Waals surface area (Å²) in [7, 11) is 0. The maximum atomic E-state index is 11.6. The fraction of sp³-hybridized carbons (Fsp3) is 0.533. The maximum Gasteiger partial charge on any atom is 0.161 e. The number of ketones is 1. The van der Waals surface area contributed by atoms with Gasteiger partial charge in [-0.25, -0.2) is 0 Å². The fourth-order valence-corrected chi connectivity index (χ4v) is 2.67. The summed E-state index contributed by atoms with van der Waals surface area (Å²) in [6.07, 6.45) is 1.75. The first-order valence-corrected chi connectivity index (χ1v) is 6.62. The molecular weight excluding hydrogens is 226 g/mol. The lowest BCUT2D eigenvalue weighted by molar-refractivity contribution is 0.101. The first kappa shape index (κ1) is 13.1. The van der Waals surface area contributed by atoms with Crippen LogP contribution in [-0.4, -0.2) is 30.1 Å². The molecule has 1 aromatic rings. The number of hydrogen-bond acceptors (Lipinski definition) is 3. The van der Waals surface area contributed by atoms with Crippen LogP contribution in [0.3, 0.4) is 0 Å². The highest BCUT2D eigenvalue weighted by molar-refractivity contribution is 5.99. The molecule has 0 spiro atoms. The average molecular weight is 247 g/mol. The van der Waals surface area contributed by atoms with Gasteiger partial charge in [-0.2, -0.15) is 0 Å². The highest BCUT2D eigenvalue weighted by atomic mass is 16.3. The lowest BCUT2D eigenvalue weighted by Gasteiger charge is -2.35. The Morgan fingerprint density at radius 1 is 1.33 bits per heavy atom. The molecule has 0 saturated carbocycles. The van der Waals surface area contributed by atoms with Crippen molar-refractivity contribution in [2.45, 2.75) is 32.8 Å². The molecule has 0 radical (unpaired) electrons. The summed E-state index contributed by atoms with van der Waals surface area (Å²) in [5.74, 6) is 0.508. The van der Waals surface area contributed by atoms with Crippen molar-refractivity contribution in [3.63, 3.8) is 0 Å². The number of Topliss-reactive ketones (excluding diaryl/α,β-unsaturated/α-hetero) is 1. The number of piperidine rings is 1. The highest BCUT2D eigenvalue weighted by Gasteiger charge is 2.24. The smallest absolute Gasteiger partial charge is 0.161 e. The van der Waals surface area contributed by atoms with Crippen LogP contribution in [0.4, 0.5) is 5.69 Å². The highest BCUT2D eigenvalue weighted by Crippen LogP contribution is 2.27. The number of hydrogen-bond donors (Lipinski definition) is 1. The molecule has 1 aliphatic rings. The Morgan fingerprint density at radius 3 is 2.50 bits per heavy atom. The van der Waals surface area contributed by atoms with Gasteiger partial charge in [0.15, 0.2) is 5.78 Å². The van der Waals surface area contributed by atoms with Gasteiger partial charge in [0.1, 0.15) is 0 Å². The number of carbonyl (C=O) groups is 1. The summed E-state index contributed by atoms with van der Waals surface area (Å²) in [5.41, 5.74) is 1.84. The number of anilines is 1. The van der Waals surface area contributed by atoms with Gasteiger partial charge in [-0.15, -0.1) is 0 Å². The molecule has 3 heteroatoms. The predicted molar refractivity (Wildman–Crippen MR) is 73.1 cm³/mol. The minimum atomic E-state index is -0.227. The standard InChI is InChI=1S/C15H21NO2/c1-11(17)13-7-9-16(10-8-13)15-6-4-3-5-14(15)12(2)18/h3-6,11,13,17H,7-10H2,1-2H3. The second-order valence-corrected chi connectivity index (χ2v) is 5.14. The van der Waals surface area contributed by atoms with Gasteiger partial charge in [-0.1, -0.05) is 12.1 Å². The summed E-state index contributed by atoms with van der Waals surface area (Å²) in [4.78, 5) is 13.9. The Labute approximate surface area is 108 Å². The van der Waals surface area contributed by atoms with Gasteiger partial charge in [-0.05, 0) is 44.7 Å². The third-order valence-electron chi connectivity index (χ3n) is 3.85. The van der Waals surface area contributed by atoms with Crippen LogP contribution in [0, 0.1) is 5.92 Å². The molecule has 1 fully saturated rings. The molecule has 3 nitrogen and oxygen atoms in total. The molecule has 2 rings (SSSR count). The Bertz CT molecular complexity index is 420. The molecule has 0 bridgehead atoms. The number of rotatable bonds is 3. The van der Waals surface area contributed by atoms with Crippen molar-refractivity contribution in [1.29, 1.82) is 0 Å². The van der Waals surface area contributed by atoms with E-state index in [1.54, 1.807) is 6.92 Å². The number of aliphatic hydroxyl groups is 1. The molecular formula is C15H21NO2. The van der Waals surface area contributed by atoms with Crippen LogP contribution < -0.4 is 4.90 Å². The van der Waals surface area contributed by atoms with E-state index in [1.165, 1.54) is 0 Å². The molecule has 0 amide bonds. The Morgan fingerprint density at radius 2 is 1.94 bits per heavy atom. The lowest BCUT2D eigenvalue weighted by Crippen LogP contribution is -2.37. The number of carbonyl (C=O) groups excluding carboxylic acids is 1. The van der Waals surface area contributed by atoms with Gasteiger partial charge in [0.2, 0.25) is 0 Å². The minimum absolute atomic E-state index is 0.114. The summed E-state index contributed by atoms with van der Waals surface area (Å²) < 4.78 is 0. The van der Waals surface area contributed by atoms with Gasteiger partial charge in [-0.3, -0.25) is 4.79 Å². The first-order chi connectivity index (χ1) is 8.59. The molecule has 1 aromatic carbocycles. The number of para-hydroxylation sites is 1. The van der Waals surface area contributed by atoms with Crippen LogP contribution in [0.1, 0.15) is 37.0 Å². The number of benzene rings is 1. The van der Waals surface area contributed by atoms with E-state index in [9.17, 15) is 9.90 Å². The third-order valence-corrected chi connectivity index (χ3v) is 3.85. The second-order valence-electron chi connectivity index (χ2n) is 5.14. The molecule has 1 aliphatic heterocycles. The molecule has 18 heavy (non-hydrogen) atoms. The lowest BCUT2D eigenvalue weighted by atomic mass is 9.91. The van der Waals surface area contributed by atoms with Crippen LogP contribution in [0.25, 0.3) is 0 Å². The van der Waals surface area contributed by atoms with E-state index in [0.29, 0.717) is 5.92 Å². The van der Waals surface area contributed by atoms with Gasteiger partial charge in [0.25, 0.3) is 0 Å². The van der Waals surface area contributed by atoms with E-state index in [0.717, 1.165) is 37.2 Å². The molecule has 1 saturated heterocycles. The van der Waals surface area contributed by atoms with Crippen molar-refractivity contribution in [3.8, 4) is 0 Å². The normalized spacial score (nSPS) is 18.7. The molecule has 0 aliphatic carbocycles. The van der Waals surface area contributed by atoms with Crippen LogP contribution in [0.15, 0.2) is 24.3 Å². The SMILES string of the molecule is CC(=O)c1ccccc1N1CCC(C(C)O)CC1. The summed E-state index contributed by atoms with van der Waals surface area (Å²) in [6, 6.07) is 7.78. The Kier molecular flexibility index (Phi) is 4.02.